The predicted octanol–water partition coefficient (Wildman–Crippen LogP) is 2.66. The van der Waals surface area contributed by atoms with Gasteiger partial charge in [0.15, 0.2) is 5.69 Å². The van der Waals surface area contributed by atoms with Crippen molar-refractivity contribution >= 4 is 40.3 Å². The average Bonchev–Trinajstić information content (AvgIpc) is 3.06. The van der Waals surface area contributed by atoms with E-state index in [1.807, 2.05) is 25.1 Å². The summed E-state index contributed by atoms with van der Waals surface area (Å²) in [4.78, 5) is 14.1. The Morgan fingerprint density at radius 3 is 2.77 bits per heavy atom. The SMILES string of the molecule is Cc1c(Cl)c(C(=O)N(C)Cc2ccc3nsnc3c2)nn1C. The molecule has 0 radical (unpaired) electrons. The summed E-state index contributed by atoms with van der Waals surface area (Å²) in [7, 11) is 3.49. The maximum atomic E-state index is 12.5. The highest BCUT2D eigenvalue weighted by Gasteiger charge is 2.21. The van der Waals surface area contributed by atoms with Gasteiger partial charge >= 0.3 is 0 Å². The molecule has 3 aromatic rings. The summed E-state index contributed by atoms with van der Waals surface area (Å²) < 4.78 is 9.98. The zero-order valence-corrected chi connectivity index (χ0v) is 13.9. The van der Waals surface area contributed by atoms with Crippen molar-refractivity contribution in [2.24, 2.45) is 7.05 Å². The van der Waals surface area contributed by atoms with E-state index < -0.39 is 0 Å². The zero-order valence-electron chi connectivity index (χ0n) is 12.4. The minimum absolute atomic E-state index is 0.204. The van der Waals surface area contributed by atoms with E-state index in [4.69, 9.17) is 11.6 Å². The van der Waals surface area contributed by atoms with Crippen LogP contribution in [0.1, 0.15) is 21.7 Å². The highest BCUT2D eigenvalue weighted by molar-refractivity contribution is 7.00. The largest absolute Gasteiger partial charge is 0.336 e. The number of aryl methyl sites for hydroxylation is 1. The van der Waals surface area contributed by atoms with Gasteiger partial charge in [0.1, 0.15) is 11.0 Å². The first-order chi connectivity index (χ1) is 10.5. The minimum atomic E-state index is -0.204. The topological polar surface area (TPSA) is 63.9 Å². The Morgan fingerprint density at radius 1 is 1.36 bits per heavy atom. The Bertz CT molecular complexity index is 856. The van der Waals surface area contributed by atoms with E-state index >= 15 is 0 Å². The van der Waals surface area contributed by atoms with Gasteiger partial charge in [-0.05, 0) is 24.6 Å². The number of halogens is 1. The first-order valence-corrected chi connectivity index (χ1v) is 7.74. The van der Waals surface area contributed by atoms with Crippen LogP contribution in [0.4, 0.5) is 0 Å². The third-order valence-corrected chi connectivity index (χ3v) is 4.56. The molecule has 0 bridgehead atoms. The molecule has 0 saturated heterocycles. The number of carbonyl (C=O) groups is 1. The van der Waals surface area contributed by atoms with E-state index in [0.717, 1.165) is 22.3 Å². The predicted molar refractivity (Wildman–Crippen MR) is 86.2 cm³/mol. The molecular weight excluding hydrogens is 322 g/mol. The van der Waals surface area contributed by atoms with Gasteiger partial charge in [0, 0.05) is 20.6 Å². The molecule has 3 rings (SSSR count). The van der Waals surface area contributed by atoms with Crippen molar-refractivity contribution in [3.63, 3.8) is 0 Å². The average molecular weight is 336 g/mol. The van der Waals surface area contributed by atoms with Crippen LogP contribution in [0, 0.1) is 6.92 Å². The summed E-state index contributed by atoms with van der Waals surface area (Å²) in [5, 5.41) is 4.59. The van der Waals surface area contributed by atoms with Crippen LogP contribution < -0.4 is 0 Å². The lowest BCUT2D eigenvalue weighted by molar-refractivity contribution is 0.0778. The van der Waals surface area contributed by atoms with Crippen LogP contribution in [0.3, 0.4) is 0 Å². The number of hydrogen-bond donors (Lipinski definition) is 0. The monoisotopic (exact) mass is 335 g/mol. The van der Waals surface area contributed by atoms with Crippen molar-refractivity contribution in [3.8, 4) is 0 Å². The van der Waals surface area contributed by atoms with Gasteiger partial charge in [0.05, 0.1) is 22.4 Å². The van der Waals surface area contributed by atoms with E-state index in [9.17, 15) is 4.79 Å². The summed E-state index contributed by atoms with van der Waals surface area (Å²) in [6, 6.07) is 5.79. The van der Waals surface area contributed by atoms with Crippen LogP contribution in [-0.4, -0.2) is 36.4 Å². The van der Waals surface area contributed by atoms with E-state index in [2.05, 4.69) is 13.8 Å². The van der Waals surface area contributed by atoms with Crippen LogP contribution in [0.5, 0.6) is 0 Å². The molecule has 0 N–H and O–H groups in total. The number of aromatic nitrogens is 4. The second kappa shape index (κ2) is 5.66. The fourth-order valence-corrected chi connectivity index (χ4v) is 2.93. The van der Waals surface area contributed by atoms with Gasteiger partial charge in [0.25, 0.3) is 5.91 Å². The third-order valence-electron chi connectivity index (χ3n) is 3.55. The quantitative estimate of drug-likeness (QED) is 0.738. The fraction of sp³-hybridized carbons (Fsp3) is 0.286. The normalized spacial score (nSPS) is 11.1. The standard InChI is InChI=1S/C14H14ClN5OS/c1-8-12(15)13(16-20(8)3)14(21)19(2)7-9-4-5-10-11(6-9)18-22-17-10/h4-6H,7H2,1-3H3. The van der Waals surface area contributed by atoms with Gasteiger partial charge in [-0.2, -0.15) is 13.8 Å². The highest BCUT2D eigenvalue weighted by Crippen LogP contribution is 2.21. The summed E-state index contributed by atoms with van der Waals surface area (Å²) in [5.41, 5.74) is 3.75. The summed E-state index contributed by atoms with van der Waals surface area (Å²) >= 11 is 7.35. The highest BCUT2D eigenvalue weighted by atomic mass is 35.5. The molecule has 6 nitrogen and oxygen atoms in total. The van der Waals surface area contributed by atoms with E-state index in [0.29, 0.717) is 11.6 Å². The molecule has 0 fully saturated rings. The van der Waals surface area contributed by atoms with Gasteiger partial charge in [-0.15, -0.1) is 0 Å². The van der Waals surface area contributed by atoms with E-state index in [1.54, 1.807) is 23.7 Å². The molecule has 0 aliphatic carbocycles. The molecule has 0 saturated carbocycles. The number of hydrogen-bond acceptors (Lipinski definition) is 5. The van der Waals surface area contributed by atoms with Gasteiger partial charge in [-0.1, -0.05) is 17.7 Å². The number of amides is 1. The van der Waals surface area contributed by atoms with Crippen molar-refractivity contribution in [2.75, 3.05) is 7.05 Å². The smallest absolute Gasteiger partial charge is 0.275 e. The molecule has 0 spiro atoms. The van der Waals surface area contributed by atoms with Crippen LogP contribution in [0.25, 0.3) is 11.0 Å². The van der Waals surface area contributed by atoms with Crippen LogP contribution >= 0.6 is 23.3 Å². The summed E-state index contributed by atoms with van der Waals surface area (Å²) in [6.07, 6.45) is 0. The maximum absolute atomic E-state index is 12.5. The van der Waals surface area contributed by atoms with Crippen molar-refractivity contribution in [2.45, 2.75) is 13.5 Å². The molecule has 0 atom stereocenters. The minimum Gasteiger partial charge on any atom is -0.336 e. The van der Waals surface area contributed by atoms with Gasteiger partial charge in [-0.3, -0.25) is 9.48 Å². The van der Waals surface area contributed by atoms with Gasteiger partial charge in [-0.25, -0.2) is 0 Å². The van der Waals surface area contributed by atoms with Crippen LogP contribution in [0.15, 0.2) is 18.2 Å². The summed E-state index contributed by atoms with van der Waals surface area (Å²) in [6.45, 7) is 2.29. The lowest BCUT2D eigenvalue weighted by Crippen LogP contribution is -2.27. The van der Waals surface area contributed by atoms with Crippen molar-refractivity contribution < 1.29 is 4.79 Å². The van der Waals surface area contributed by atoms with E-state index in [-0.39, 0.29) is 11.6 Å². The first-order valence-electron chi connectivity index (χ1n) is 6.63. The Hall–Kier alpha value is -1.99. The van der Waals surface area contributed by atoms with E-state index in [1.165, 1.54) is 11.7 Å². The Labute approximate surface area is 136 Å². The van der Waals surface area contributed by atoms with Crippen molar-refractivity contribution in [1.82, 2.24) is 23.4 Å². The Morgan fingerprint density at radius 2 is 2.09 bits per heavy atom. The molecule has 0 aliphatic heterocycles. The van der Waals surface area contributed by atoms with Gasteiger partial charge < -0.3 is 4.90 Å². The molecule has 114 valence electrons. The number of benzene rings is 1. The lowest BCUT2D eigenvalue weighted by atomic mass is 10.2. The van der Waals surface area contributed by atoms with Crippen LogP contribution in [0.2, 0.25) is 5.02 Å². The molecule has 22 heavy (non-hydrogen) atoms. The zero-order chi connectivity index (χ0) is 15.9. The van der Waals surface area contributed by atoms with Crippen molar-refractivity contribution in [1.29, 1.82) is 0 Å². The van der Waals surface area contributed by atoms with Crippen molar-refractivity contribution in [3.05, 3.63) is 40.2 Å². The maximum Gasteiger partial charge on any atom is 0.275 e. The molecule has 0 unspecified atom stereocenters. The molecule has 8 heteroatoms. The number of fused-ring (bicyclic) bond motifs is 1. The fourth-order valence-electron chi connectivity index (χ4n) is 2.17. The molecule has 2 heterocycles. The number of rotatable bonds is 3. The number of nitrogens with zero attached hydrogens (tertiary/aromatic N) is 5. The number of carbonyl (C=O) groups excluding carboxylic acids is 1. The Kier molecular flexibility index (Phi) is 3.84. The first kappa shape index (κ1) is 14.9. The lowest BCUT2D eigenvalue weighted by Gasteiger charge is -2.16. The Balaban J connectivity index is 1.82. The molecule has 1 aromatic carbocycles. The molecular formula is C14H14ClN5OS. The summed E-state index contributed by atoms with van der Waals surface area (Å²) in [5.74, 6) is -0.204. The third kappa shape index (κ3) is 2.57. The molecule has 0 aliphatic rings. The second-order valence-corrected chi connectivity index (χ2v) is 6.03. The molecule has 2 aromatic heterocycles. The molecule has 1 amide bonds. The second-order valence-electron chi connectivity index (χ2n) is 5.12. The van der Waals surface area contributed by atoms with Gasteiger partial charge in [0.2, 0.25) is 0 Å². The van der Waals surface area contributed by atoms with Crippen LogP contribution in [-0.2, 0) is 13.6 Å².